The fourth-order valence-corrected chi connectivity index (χ4v) is 1.86. The molecule has 0 atom stereocenters. The summed E-state index contributed by atoms with van der Waals surface area (Å²) in [5.41, 5.74) is 0.556. The summed E-state index contributed by atoms with van der Waals surface area (Å²) in [4.78, 5) is 16.0. The zero-order valence-corrected chi connectivity index (χ0v) is 9.29. The summed E-state index contributed by atoms with van der Waals surface area (Å²) in [5, 5.41) is 2.85. The number of carbonyl (C=O) groups is 1. The summed E-state index contributed by atoms with van der Waals surface area (Å²) in [5.74, 6) is 0.988. The van der Waals surface area contributed by atoms with Crippen molar-refractivity contribution in [2.45, 2.75) is 45.7 Å². The van der Waals surface area contributed by atoms with Gasteiger partial charge in [-0.05, 0) is 26.7 Å². The Labute approximate surface area is 89.7 Å². The molecule has 2 heterocycles. The molecule has 0 saturated heterocycles. The second-order valence-electron chi connectivity index (χ2n) is 4.32. The summed E-state index contributed by atoms with van der Waals surface area (Å²) in [6, 6.07) is 0.163. The summed E-state index contributed by atoms with van der Waals surface area (Å²) in [6.45, 7) is 4.90. The molecule has 1 aromatic rings. The van der Waals surface area contributed by atoms with Gasteiger partial charge in [-0.1, -0.05) is 0 Å². The normalized spacial score (nSPS) is 15.1. The number of fused-ring (bicyclic) bond motifs is 1. The third-order valence-electron chi connectivity index (χ3n) is 2.56. The number of nitrogens with zero attached hydrogens (tertiary/aromatic N) is 2. The van der Waals surface area contributed by atoms with Crippen molar-refractivity contribution in [1.29, 1.82) is 0 Å². The van der Waals surface area contributed by atoms with Crippen molar-refractivity contribution in [1.82, 2.24) is 14.9 Å². The fourth-order valence-electron chi connectivity index (χ4n) is 1.86. The zero-order chi connectivity index (χ0) is 10.8. The minimum atomic E-state index is -0.0631. The molecule has 4 nitrogen and oxygen atoms in total. The molecule has 2 rings (SSSR count). The molecule has 0 aliphatic carbocycles. The van der Waals surface area contributed by atoms with Crippen LogP contribution in [0.2, 0.25) is 0 Å². The quantitative estimate of drug-likeness (QED) is 0.796. The molecule has 1 aliphatic heterocycles. The highest BCUT2D eigenvalue weighted by atomic mass is 16.1. The first-order valence-corrected chi connectivity index (χ1v) is 5.53. The Morgan fingerprint density at radius 2 is 2.33 bits per heavy atom. The molecule has 1 N–H and O–H groups in total. The van der Waals surface area contributed by atoms with E-state index in [-0.39, 0.29) is 11.9 Å². The van der Waals surface area contributed by atoms with Crippen LogP contribution < -0.4 is 5.32 Å². The van der Waals surface area contributed by atoms with Crippen molar-refractivity contribution in [3.05, 3.63) is 17.7 Å². The Balaban J connectivity index is 2.15. The zero-order valence-electron chi connectivity index (χ0n) is 9.29. The van der Waals surface area contributed by atoms with Crippen LogP contribution in [0.3, 0.4) is 0 Å². The van der Waals surface area contributed by atoms with Crippen LogP contribution in [-0.2, 0) is 13.0 Å². The number of hydrogen-bond donors (Lipinski definition) is 1. The van der Waals surface area contributed by atoms with Crippen molar-refractivity contribution in [3.8, 4) is 0 Å². The van der Waals surface area contributed by atoms with Gasteiger partial charge in [-0.3, -0.25) is 4.79 Å². The van der Waals surface area contributed by atoms with Crippen LogP contribution in [-0.4, -0.2) is 21.5 Å². The van der Waals surface area contributed by atoms with E-state index in [9.17, 15) is 4.79 Å². The van der Waals surface area contributed by atoms with Gasteiger partial charge in [0, 0.05) is 25.2 Å². The molecule has 15 heavy (non-hydrogen) atoms. The first-order valence-electron chi connectivity index (χ1n) is 5.53. The monoisotopic (exact) mass is 207 g/mol. The summed E-state index contributed by atoms with van der Waals surface area (Å²) >= 11 is 0. The maximum Gasteiger partial charge on any atom is 0.271 e. The Morgan fingerprint density at radius 1 is 1.53 bits per heavy atom. The molecule has 1 aromatic heterocycles. The Kier molecular flexibility index (Phi) is 2.75. The van der Waals surface area contributed by atoms with E-state index in [1.165, 1.54) is 12.8 Å². The maximum absolute atomic E-state index is 11.7. The SMILES string of the molecule is CC(C)NC(=O)c1cn2c(n1)CCCC2. The lowest BCUT2D eigenvalue weighted by molar-refractivity contribution is 0.0938. The molecular formula is C11H17N3O. The Hall–Kier alpha value is -1.32. The lowest BCUT2D eigenvalue weighted by Crippen LogP contribution is -2.30. The third-order valence-corrected chi connectivity index (χ3v) is 2.56. The van der Waals surface area contributed by atoms with Gasteiger partial charge in [0.2, 0.25) is 0 Å². The number of hydrogen-bond acceptors (Lipinski definition) is 2. The number of amides is 1. The van der Waals surface area contributed by atoms with Crippen molar-refractivity contribution in [2.24, 2.45) is 0 Å². The third kappa shape index (κ3) is 2.19. The van der Waals surface area contributed by atoms with Crippen molar-refractivity contribution in [3.63, 3.8) is 0 Å². The lowest BCUT2D eigenvalue weighted by Gasteiger charge is -2.11. The molecule has 0 spiro atoms. The highest BCUT2D eigenvalue weighted by Gasteiger charge is 2.16. The standard InChI is InChI=1S/C11H17N3O/c1-8(2)12-11(15)9-7-14-6-4-3-5-10(14)13-9/h7-8H,3-6H2,1-2H3,(H,12,15). The molecule has 0 bridgehead atoms. The smallest absolute Gasteiger partial charge is 0.271 e. The highest BCUT2D eigenvalue weighted by molar-refractivity contribution is 5.92. The summed E-state index contributed by atoms with van der Waals surface area (Å²) in [7, 11) is 0. The van der Waals surface area contributed by atoms with Crippen molar-refractivity contribution < 1.29 is 4.79 Å². The van der Waals surface area contributed by atoms with E-state index in [1.54, 1.807) is 0 Å². The second kappa shape index (κ2) is 4.04. The Bertz CT molecular complexity index is 344. The van der Waals surface area contributed by atoms with Gasteiger partial charge in [-0.25, -0.2) is 4.98 Å². The first kappa shape index (κ1) is 10.2. The summed E-state index contributed by atoms with van der Waals surface area (Å²) in [6.07, 6.45) is 5.23. The number of nitrogens with one attached hydrogen (secondary N) is 1. The molecule has 82 valence electrons. The minimum Gasteiger partial charge on any atom is -0.348 e. The van der Waals surface area contributed by atoms with Crippen molar-refractivity contribution >= 4 is 5.91 Å². The van der Waals surface area contributed by atoms with Gasteiger partial charge in [0.1, 0.15) is 11.5 Å². The molecular weight excluding hydrogens is 190 g/mol. The van der Waals surface area contributed by atoms with Crippen LogP contribution in [0.1, 0.15) is 43.0 Å². The largest absolute Gasteiger partial charge is 0.348 e. The van der Waals surface area contributed by atoms with E-state index in [2.05, 4.69) is 14.9 Å². The molecule has 0 radical (unpaired) electrons. The van der Waals surface area contributed by atoms with E-state index in [4.69, 9.17) is 0 Å². The maximum atomic E-state index is 11.7. The summed E-state index contributed by atoms with van der Waals surface area (Å²) < 4.78 is 2.10. The van der Waals surface area contributed by atoms with Crippen LogP contribution in [0.4, 0.5) is 0 Å². The predicted octanol–water partition coefficient (Wildman–Crippen LogP) is 1.36. The van der Waals surface area contributed by atoms with Crippen LogP contribution >= 0.6 is 0 Å². The van der Waals surface area contributed by atoms with Crippen LogP contribution in [0.25, 0.3) is 0 Å². The molecule has 1 amide bonds. The van der Waals surface area contributed by atoms with Gasteiger partial charge in [-0.2, -0.15) is 0 Å². The average Bonchev–Trinajstić information content (AvgIpc) is 2.59. The van der Waals surface area contributed by atoms with Gasteiger partial charge in [0.25, 0.3) is 5.91 Å². The van der Waals surface area contributed by atoms with Crippen LogP contribution in [0.5, 0.6) is 0 Å². The van der Waals surface area contributed by atoms with Gasteiger partial charge in [0.15, 0.2) is 0 Å². The molecule has 0 saturated carbocycles. The molecule has 0 aromatic carbocycles. The minimum absolute atomic E-state index is 0.0631. The van der Waals surface area contributed by atoms with E-state index < -0.39 is 0 Å². The average molecular weight is 207 g/mol. The van der Waals surface area contributed by atoms with Gasteiger partial charge in [0.05, 0.1) is 0 Å². The number of aromatic nitrogens is 2. The first-order chi connectivity index (χ1) is 7.16. The molecule has 0 fully saturated rings. The second-order valence-corrected chi connectivity index (χ2v) is 4.32. The van der Waals surface area contributed by atoms with E-state index in [1.807, 2.05) is 20.0 Å². The highest BCUT2D eigenvalue weighted by Crippen LogP contribution is 2.14. The number of imidazole rings is 1. The molecule has 0 unspecified atom stereocenters. The van der Waals surface area contributed by atoms with E-state index in [0.717, 1.165) is 18.8 Å². The van der Waals surface area contributed by atoms with Gasteiger partial charge >= 0.3 is 0 Å². The topological polar surface area (TPSA) is 46.9 Å². The lowest BCUT2D eigenvalue weighted by atomic mass is 10.2. The van der Waals surface area contributed by atoms with Crippen LogP contribution in [0, 0.1) is 0 Å². The van der Waals surface area contributed by atoms with Gasteiger partial charge < -0.3 is 9.88 Å². The molecule has 1 aliphatic rings. The van der Waals surface area contributed by atoms with Crippen molar-refractivity contribution in [2.75, 3.05) is 0 Å². The Morgan fingerprint density at radius 3 is 3.00 bits per heavy atom. The number of aryl methyl sites for hydroxylation is 2. The van der Waals surface area contributed by atoms with Crippen LogP contribution in [0.15, 0.2) is 6.20 Å². The number of rotatable bonds is 2. The number of carbonyl (C=O) groups excluding carboxylic acids is 1. The van der Waals surface area contributed by atoms with E-state index in [0.29, 0.717) is 5.69 Å². The fraction of sp³-hybridized carbons (Fsp3) is 0.636. The predicted molar refractivity (Wildman–Crippen MR) is 57.8 cm³/mol. The van der Waals surface area contributed by atoms with Gasteiger partial charge in [-0.15, -0.1) is 0 Å². The van der Waals surface area contributed by atoms with E-state index >= 15 is 0 Å². The molecule has 4 heteroatoms.